The average Bonchev–Trinajstić information content (AvgIpc) is 3.17. The summed E-state index contributed by atoms with van der Waals surface area (Å²) < 4.78 is 40.0. The van der Waals surface area contributed by atoms with Crippen LogP contribution in [0.4, 0.5) is 10.5 Å². The number of likely N-dealkylation sites (N-methyl/N-ethyl adjacent to an activating group) is 1. The Bertz CT molecular complexity index is 1290. The molecule has 0 saturated heterocycles. The fourth-order valence-electron chi connectivity index (χ4n) is 4.04. The smallest absolute Gasteiger partial charge is 0.321 e. The first-order chi connectivity index (χ1) is 17.8. The number of carbonyl (C=O) groups is 1. The zero-order valence-corrected chi connectivity index (χ0v) is 23.8. The number of nitrogens with one attached hydrogen (secondary N) is 1. The molecule has 3 atom stereocenters. The first-order valence-electron chi connectivity index (χ1n) is 12.4. The second kappa shape index (κ2) is 12.2. The van der Waals surface area contributed by atoms with Gasteiger partial charge >= 0.3 is 6.03 Å². The minimum absolute atomic E-state index is 0.00400. The van der Waals surface area contributed by atoms with Gasteiger partial charge in [0.15, 0.2) is 5.76 Å². The Labute approximate surface area is 224 Å². The zero-order valence-electron chi connectivity index (χ0n) is 23.0. The van der Waals surface area contributed by atoms with Crippen molar-refractivity contribution >= 4 is 21.7 Å². The minimum atomic E-state index is -3.97. The number of anilines is 1. The highest BCUT2D eigenvalue weighted by Crippen LogP contribution is 2.34. The van der Waals surface area contributed by atoms with E-state index < -0.39 is 22.2 Å². The maximum Gasteiger partial charge on any atom is 0.321 e. The highest BCUT2D eigenvalue weighted by atomic mass is 32.2. The number of carbonyl (C=O) groups excluding carboxylic acids is 1. The van der Waals surface area contributed by atoms with Crippen molar-refractivity contribution in [1.82, 2.24) is 19.3 Å². The van der Waals surface area contributed by atoms with E-state index in [9.17, 15) is 18.3 Å². The molecule has 1 aromatic heterocycles. The van der Waals surface area contributed by atoms with E-state index in [1.165, 1.54) is 15.3 Å². The van der Waals surface area contributed by atoms with Crippen LogP contribution in [0.25, 0.3) is 0 Å². The van der Waals surface area contributed by atoms with Crippen molar-refractivity contribution in [2.45, 2.75) is 44.7 Å². The summed E-state index contributed by atoms with van der Waals surface area (Å²) in [5.74, 6) is 6.43. The van der Waals surface area contributed by atoms with E-state index in [-0.39, 0.29) is 42.3 Å². The summed E-state index contributed by atoms with van der Waals surface area (Å²) in [6.07, 6.45) is -0.553. The summed E-state index contributed by atoms with van der Waals surface area (Å²) in [5, 5.41) is 16.5. The Morgan fingerprint density at radius 1 is 1.32 bits per heavy atom. The molecular formula is C26H37N5O6S. The molecular weight excluding hydrogens is 510 g/mol. The van der Waals surface area contributed by atoms with E-state index in [0.29, 0.717) is 29.2 Å². The lowest BCUT2D eigenvalue weighted by atomic mass is 10.0. The number of benzene rings is 1. The van der Waals surface area contributed by atoms with E-state index in [4.69, 9.17) is 9.26 Å². The predicted molar refractivity (Wildman–Crippen MR) is 144 cm³/mol. The standard InChI is InChI=1S/C26H37N5O6S/c1-17-14-31(18(2)16-32)38(34,35)24-11-10-21(9-8-12-29(5)6)13-22(24)36-23(17)15-30(7)26(33)27-25-19(3)28-37-20(25)4/h10-11,13,17-18,23,32H,12,14-16H2,1-7H3,(H,27,33)/t17-,18+,23+/m0/s1. The Kier molecular flexibility index (Phi) is 9.43. The number of sulfonamides is 1. The van der Waals surface area contributed by atoms with Crippen molar-refractivity contribution in [2.24, 2.45) is 5.92 Å². The van der Waals surface area contributed by atoms with Crippen LogP contribution < -0.4 is 10.1 Å². The van der Waals surface area contributed by atoms with E-state index >= 15 is 0 Å². The quantitative estimate of drug-likeness (QED) is 0.527. The Morgan fingerprint density at radius 2 is 2.03 bits per heavy atom. The molecule has 11 nitrogen and oxygen atoms in total. The van der Waals surface area contributed by atoms with Gasteiger partial charge in [0.05, 0.1) is 19.7 Å². The molecule has 0 spiro atoms. The fourth-order valence-corrected chi connectivity index (χ4v) is 5.86. The van der Waals surface area contributed by atoms with Crippen LogP contribution in [0.15, 0.2) is 27.6 Å². The number of rotatable bonds is 6. The number of urea groups is 1. The molecule has 0 bridgehead atoms. The topological polar surface area (TPSA) is 128 Å². The summed E-state index contributed by atoms with van der Waals surface area (Å²) in [6.45, 7) is 7.46. The summed E-state index contributed by atoms with van der Waals surface area (Å²) in [6, 6.07) is 3.73. The second-order valence-corrected chi connectivity index (χ2v) is 11.8. The average molecular weight is 548 g/mol. The molecule has 2 amide bonds. The number of hydrogen-bond acceptors (Lipinski definition) is 8. The third kappa shape index (κ3) is 6.66. The number of hydrogen-bond donors (Lipinski definition) is 2. The summed E-state index contributed by atoms with van der Waals surface area (Å²) >= 11 is 0. The van der Waals surface area contributed by atoms with Crippen molar-refractivity contribution in [2.75, 3.05) is 52.7 Å². The monoisotopic (exact) mass is 547 g/mol. The van der Waals surface area contributed by atoms with Crippen LogP contribution in [0.5, 0.6) is 5.75 Å². The van der Waals surface area contributed by atoms with Gasteiger partial charge in [-0.25, -0.2) is 13.2 Å². The first kappa shape index (κ1) is 29.4. The molecule has 2 N–H and O–H groups in total. The maximum atomic E-state index is 13.6. The van der Waals surface area contributed by atoms with Crippen LogP contribution in [0, 0.1) is 31.6 Å². The Balaban J connectivity index is 1.96. The molecule has 1 aliphatic rings. The zero-order chi connectivity index (χ0) is 28.2. The van der Waals surface area contributed by atoms with Gasteiger partial charge in [0.1, 0.15) is 28.1 Å². The lowest BCUT2D eigenvalue weighted by molar-refractivity contribution is 0.0830. The van der Waals surface area contributed by atoms with Crippen molar-refractivity contribution in [3.63, 3.8) is 0 Å². The van der Waals surface area contributed by atoms with E-state index in [2.05, 4.69) is 22.3 Å². The Hall–Kier alpha value is -3.11. The molecule has 0 saturated carbocycles. The van der Waals surface area contributed by atoms with Gasteiger partial charge < -0.3 is 24.6 Å². The van der Waals surface area contributed by atoms with Crippen LogP contribution in [-0.2, 0) is 10.0 Å². The molecule has 12 heteroatoms. The molecule has 2 aromatic rings. The van der Waals surface area contributed by atoms with Gasteiger partial charge in [-0.2, -0.15) is 4.31 Å². The number of amides is 2. The third-order valence-corrected chi connectivity index (χ3v) is 8.38. The first-order valence-corrected chi connectivity index (χ1v) is 13.8. The van der Waals surface area contributed by atoms with Gasteiger partial charge in [0, 0.05) is 31.1 Å². The third-order valence-electron chi connectivity index (χ3n) is 6.36. The van der Waals surface area contributed by atoms with Gasteiger partial charge in [0.25, 0.3) is 0 Å². The van der Waals surface area contributed by atoms with Gasteiger partial charge in [-0.3, -0.25) is 4.90 Å². The number of fused-ring (bicyclic) bond motifs is 1. The molecule has 0 unspecified atom stereocenters. The number of ether oxygens (including phenoxy) is 1. The largest absolute Gasteiger partial charge is 0.487 e. The van der Waals surface area contributed by atoms with Crippen LogP contribution in [0.1, 0.15) is 30.9 Å². The van der Waals surface area contributed by atoms with E-state index in [0.717, 1.165) is 0 Å². The summed E-state index contributed by atoms with van der Waals surface area (Å²) in [4.78, 5) is 16.4. The minimum Gasteiger partial charge on any atom is -0.487 e. The molecule has 208 valence electrons. The molecule has 1 aliphatic heterocycles. The van der Waals surface area contributed by atoms with Crippen molar-refractivity contribution in [1.29, 1.82) is 0 Å². The van der Waals surface area contributed by atoms with Crippen LogP contribution in [0.3, 0.4) is 0 Å². The molecule has 0 aliphatic carbocycles. The number of aryl methyl sites for hydroxylation is 2. The molecule has 1 aromatic carbocycles. The van der Waals surface area contributed by atoms with Gasteiger partial charge in [0.2, 0.25) is 10.0 Å². The van der Waals surface area contributed by atoms with Gasteiger partial charge in [-0.15, -0.1) is 0 Å². The maximum absolute atomic E-state index is 13.6. The van der Waals surface area contributed by atoms with E-state index in [1.807, 2.05) is 25.9 Å². The molecule has 2 heterocycles. The number of nitrogens with zero attached hydrogens (tertiary/aromatic N) is 4. The van der Waals surface area contributed by atoms with Gasteiger partial charge in [-0.05, 0) is 53.1 Å². The van der Waals surface area contributed by atoms with Crippen molar-refractivity contribution in [3.8, 4) is 17.6 Å². The lowest BCUT2D eigenvalue weighted by Crippen LogP contribution is -2.50. The highest BCUT2D eigenvalue weighted by Gasteiger charge is 2.38. The lowest BCUT2D eigenvalue weighted by Gasteiger charge is -2.37. The Morgan fingerprint density at radius 3 is 2.63 bits per heavy atom. The van der Waals surface area contributed by atoms with Crippen LogP contribution >= 0.6 is 0 Å². The molecule has 0 fully saturated rings. The van der Waals surface area contributed by atoms with Crippen molar-refractivity contribution in [3.05, 3.63) is 35.2 Å². The predicted octanol–water partition coefficient (Wildman–Crippen LogP) is 2.14. The number of aromatic nitrogens is 1. The molecule has 3 rings (SSSR count). The molecule has 38 heavy (non-hydrogen) atoms. The highest BCUT2D eigenvalue weighted by molar-refractivity contribution is 7.89. The summed E-state index contributed by atoms with van der Waals surface area (Å²) in [5.41, 5.74) is 1.68. The van der Waals surface area contributed by atoms with Crippen LogP contribution in [-0.4, -0.2) is 98.3 Å². The molecule has 0 radical (unpaired) electrons. The van der Waals surface area contributed by atoms with Crippen molar-refractivity contribution < 1.29 is 27.6 Å². The second-order valence-electron chi connectivity index (χ2n) is 9.95. The normalized spacial score (nSPS) is 19.8. The van der Waals surface area contributed by atoms with Crippen LogP contribution in [0.2, 0.25) is 0 Å². The SMILES string of the molecule is Cc1noc(C)c1NC(=O)N(C)C[C@H]1Oc2cc(C#CCN(C)C)ccc2S(=O)(=O)N([C@H](C)CO)C[C@@H]1C. The number of aliphatic hydroxyl groups is 1. The van der Waals surface area contributed by atoms with E-state index in [1.54, 1.807) is 40.0 Å². The number of aliphatic hydroxyl groups excluding tert-OH is 1. The fraction of sp³-hybridized carbons (Fsp3) is 0.538. The summed E-state index contributed by atoms with van der Waals surface area (Å²) in [7, 11) is 1.49. The van der Waals surface area contributed by atoms with Gasteiger partial charge in [-0.1, -0.05) is 23.9 Å².